The van der Waals surface area contributed by atoms with Crippen molar-refractivity contribution >= 4 is 63.3 Å². The minimum atomic E-state index is -1.44. The Kier molecular flexibility index (Phi) is 4.37. The SMILES string of the molecule is N/N=C1\C(=O)N(c2ccc(Cl)cc2Cl)C(=O)C(=O)C1c1nc2ccccc2o1. The van der Waals surface area contributed by atoms with Crippen LogP contribution in [0, 0.1) is 0 Å². The summed E-state index contributed by atoms with van der Waals surface area (Å²) in [6.07, 6.45) is 0. The molecule has 2 N–H and O–H groups in total. The summed E-state index contributed by atoms with van der Waals surface area (Å²) in [6, 6.07) is 10.9. The van der Waals surface area contributed by atoms with Crippen molar-refractivity contribution in [3.05, 3.63) is 58.4 Å². The van der Waals surface area contributed by atoms with Crippen molar-refractivity contribution in [3.63, 3.8) is 0 Å². The first kappa shape index (κ1) is 18.1. The van der Waals surface area contributed by atoms with E-state index in [9.17, 15) is 14.4 Å². The summed E-state index contributed by atoms with van der Waals surface area (Å²) < 4.78 is 5.55. The molecule has 1 fully saturated rings. The van der Waals surface area contributed by atoms with E-state index in [2.05, 4.69) is 10.1 Å². The molecule has 1 aromatic heterocycles. The van der Waals surface area contributed by atoms with Crippen LogP contribution in [-0.4, -0.2) is 28.3 Å². The first-order valence-corrected chi connectivity index (χ1v) is 8.69. The Bertz CT molecular complexity index is 1150. The van der Waals surface area contributed by atoms with Crippen molar-refractivity contribution in [1.82, 2.24) is 4.98 Å². The van der Waals surface area contributed by atoms with E-state index < -0.39 is 23.5 Å². The molecule has 0 radical (unpaired) electrons. The fourth-order valence-corrected chi connectivity index (χ4v) is 3.43. The molecule has 3 aromatic rings. The molecule has 1 unspecified atom stereocenters. The molecule has 0 aliphatic carbocycles. The summed E-state index contributed by atoms with van der Waals surface area (Å²) >= 11 is 11.9. The smallest absolute Gasteiger partial charge is 0.302 e. The van der Waals surface area contributed by atoms with Crippen LogP contribution in [0.1, 0.15) is 11.8 Å². The number of anilines is 1. The van der Waals surface area contributed by atoms with Gasteiger partial charge in [0.15, 0.2) is 11.5 Å². The summed E-state index contributed by atoms with van der Waals surface area (Å²) in [5.41, 5.74) is 0.461. The minimum Gasteiger partial charge on any atom is -0.439 e. The number of halogens is 2. The Hall–Kier alpha value is -3.23. The molecule has 8 nitrogen and oxygen atoms in total. The summed E-state index contributed by atoms with van der Waals surface area (Å²) in [5.74, 6) is 0.821. The van der Waals surface area contributed by atoms with Crippen LogP contribution in [0.25, 0.3) is 11.1 Å². The van der Waals surface area contributed by atoms with Gasteiger partial charge in [0.25, 0.3) is 5.91 Å². The third-order valence-corrected chi connectivity index (χ3v) is 4.76. The Labute approximate surface area is 167 Å². The molecule has 0 spiro atoms. The predicted molar refractivity (Wildman–Crippen MR) is 102 cm³/mol. The lowest BCUT2D eigenvalue weighted by molar-refractivity contribution is -0.139. The third-order valence-electron chi connectivity index (χ3n) is 4.22. The Morgan fingerprint density at radius 2 is 1.82 bits per heavy atom. The van der Waals surface area contributed by atoms with E-state index in [0.717, 1.165) is 0 Å². The van der Waals surface area contributed by atoms with Crippen LogP contribution in [0.2, 0.25) is 10.0 Å². The molecular formula is C18H10Cl2N4O4. The van der Waals surface area contributed by atoms with Gasteiger partial charge >= 0.3 is 5.91 Å². The molecule has 2 aromatic carbocycles. The molecule has 1 aliphatic rings. The van der Waals surface area contributed by atoms with Crippen LogP contribution in [0.3, 0.4) is 0 Å². The molecule has 1 atom stereocenters. The first-order chi connectivity index (χ1) is 13.4. The number of hydrogen-bond acceptors (Lipinski definition) is 7. The van der Waals surface area contributed by atoms with Gasteiger partial charge in [-0.25, -0.2) is 9.88 Å². The second kappa shape index (κ2) is 6.74. The summed E-state index contributed by atoms with van der Waals surface area (Å²) in [4.78, 5) is 43.3. The number of carbonyl (C=O) groups is 3. The van der Waals surface area contributed by atoms with Gasteiger partial charge < -0.3 is 10.3 Å². The zero-order chi connectivity index (χ0) is 20.0. The zero-order valence-corrected chi connectivity index (χ0v) is 15.4. The Balaban J connectivity index is 1.82. The molecule has 28 heavy (non-hydrogen) atoms. The van der Waals surface area contributed by atoms with Gasteiger partial charge in [0.05, 0.1) is 10.7 Å². The highest BCUT2D eigenvalue weighted by Gasteiger charge is 2.49. The van der Waals surface area contributed by atoms with Crippen molar-refractivity contribution in [1.29, 1.82) is 0 Å². The maximum atomic E-state index is 12.9. The standard InChI is InChI=1S/C18H10Cl2N4O4/c19-8-5-6-11(9(20)7-8)24-17(26)14(23-21)13(15(25)18(24)27)16-22-10-3-1-2-4-12(10)28-16/h1-7,13H,21H2/b23-14-. The van der Waals surface area contributed by atoms with Crippen LogP contribution in [-0.2, 0) is 14.4 Å². The van der Waals surface area contributed by atoms with Gasteiger partial charge in [0.1, 0.15) is 11.2 Å². The number of piperidine rings is 1. The predicted octanol–water partition coefficient (Wildman–Crippen LogP) is 2.68. The number of amides is 2. The molecular weight excluding hydrogens is 407 g/mol. The maximum absolute atomic E-state index is 12.9. The number of para-hydroxylation sites is 2. The van der Waals surface area contributed by atoms with Crippen molar-refractivity contribution in [3.8, 4) is 0 Å². The molecule has 10 heteroatoms. The molecule has 1 aliphatic heterocycles. The number of rotatable bonds is 2. The number of aromatic nitrogens is 1. The monoisotopic (exact) mass is 416 g/mol. The highest BCUT2D eigenvalue weighted by molar-refractivity contribution is 6.67. The molecule has 0 bridgehead atoms. The largest absolute Gasteiger partial charge is 0.439 e. The number of Topliss-reactive ketones (excluding diaryl/α,β-unsaturated/α-hetero) is 1. The highest BCUT2D eigenvalue weighted by Crippen LogP contribution is 2.34. The van der Waals surface area contributed by atoms with Crippen molar-refractivity contribution in [2.75, 3.05) is 4.90 Å². The minimum absolute atomic E-state index is 0.00779. The first-order valence-electron chi connectivity index (χ1n) is 7.93. The van der Waals surface area contributed by atoms with Crippen LogP contribution >= 0.6 is 23.2 Å². The van der Waals surface area contributed by atoms with Crippen LogP contribution < -0.4 is 10.7 Å². The number of carbonyl (C=O) groups excluding carboxylic acids is 3. The van der Waals surface area contributed by atoms with E-state index in [-0.39, 0.29) is 22.3 Å². The fraction of sp³-hybridized carbons (Fsp3) is 0.0556. The fourth-order valence-electron chi connectivity index (χ4n) is 2.94. The van der Waals surface area contributed by atoms with Crippen LogP contribution in [0.4, 0.5) is 5.69 Å². The molecule has 2 amide bonds. The van der Waals surface area contributed by atoms with E-state index >= 15 is 0 Å². The van der Waals surface area contributed by atoms with Gasteiger partial charge in [-0.3, -0.25) is 14.4 Å². The average Bonchev–Trinajstić information content (AvgIpc) is 3.09. The van der Waals surface area contributed by atoms with Gasteiger partial charge in [-0.1, -0.05) is 35.3 Å². The maximum Gasteiger partial charge on any atom is 0.302 e. The molecule has 2 heterocycles. The number of benzene rings is 2. The van der Waals surface area contributed by atoms with E-state index in [1.165, 1.54) is 18.2 Å². The van der Waals surface area contributed by atoms with Crippen molar-refractivity contribution < 1.29 is 18.8 Å². The topological polar surface area (TPSA) is 119 Å². The number of fused-ring (bicyclic) bond motifs is 1. The number of ketones is 1. The van der Waals surface area contributed by atoms with E-state index in [0.29, 0.717) is 21.0 Å². The van der Waals surface area contributed by atoms with Crippen LogP contribution in [0.15, 0.2) is 52.0 Å². The molecule has 140 valence electrons. The number of imide groups is 1. The molecule has 1 saturated heterocycles. The summed E-state index contributed by atoms with van der Waals surface area (Å²) in [6.45, 7) is 0. The summed E-state index contributed by atoms with van der Waals surface area (Å²) in [5, 5.41) is 3.76. The lowest BCUT2D eigenvalue weighted by atomic mass is 9.91. The van der Waals surface area contributed by atoms with Crippen molar-refractivity contribution in [2.24, 2.45) is 10.9 Å². The Morgan fingerprint density at radius 1 is 1.07 bits per heavy atom. The zero-order valence-electron chi connectivity index (χ0n) is 13.9. The van der Waals surface area contributed by atoms with Gasteiger partial charge in [0, 0.05) is 5.02 Å². The quantitative estimate of drug-likeness (QED) is 0.296. The van der Waals surface area contributed by atoms with Crippen molar-refractivity contribution in [2.45, 2.75) is 5.92 Å². The van der Waals surface area contributed by atoms with Gasteiger partial charge in [-0.2, -0.15) is 5.10 Å². The highest BCUT2D eigenvalue weighted by atomic mass is 35.5. The number of hydrazone groups is 1. The molecule has 4 rings (SSSR count). The third kappa shape index (κ3) is 2.74. The normalized spacial score (nSPS) is 19.1. The van der Waals surface area contributed by atoms with Gasteiger partial charge in [0.2, 0.25) is 11.7 Å². The number of nitrogens with two attached hydrogens (primary N) is 1. The van der Waals surface area contributed by atoms with E-state index in [4.69, 9.17) is 33.5 Å². The second-order valence-corrected chi connectivity index (χ2v) is 6.72. The summed E-state index contributed by atoms with van der Waals surface area (Å²) in [7, 11) is 0. The lowest BCUT2D eigenvalue weighted by Crippen LogP contribution is -2.55. The van der Waals surface area contributed by atoms with E-state index in [1.54, 1.807) is 24.3 Å². The van der Waals surface area contributed by atoms with Crippen LogP contribution in [0.5, 0.6) is 0 Å². The molecule has 0 saturated carbocycles. The second-order valence-electron chi connectivity index (χ2n) is 5.87. The number of oxazole rings is 1. The van der Waals surface area contributed by atoms with Gasteiger partial charge in [-0.15, -0.1) is 0 Å². The van der Waals surface area contributed by atoms with E-state index in [1.807, 2.05) is 0 Å². The van der Waals surface area contributed by atoms with Gasteiger partial charge in [-0.05, 0) is 30.3 Å². The lowest BCUT2D eigenvalue weighted by Gasteiger charge is -2.28. The number of nitrogens with zero attached hydrogens (tertiary/aromatic N) is 3. The number of hydrogen-bond donors (Lipinski definition) is 1. The Morgan fingerprint density at radius 3 is 2.50 bits per heavy atom. The average molecular weight is 417 g/mol.